The van der Waals surface area contributed by atoms with Gasteiger partial charge in [0, 0.05) is 17.3 Å². The van der Waals surface area contributed by atoms with E-state index in [1.165, 1.54) is 6.92 Å². The summed E-state index contributed by atoms with van der Waals surface area (Å²) < 4.78 is 38.5. The zero-order valence-electron chi connectivity index (χ0n) is 16.5. The number of benzene rings is 1. The van der Waals surface area contributed by atoms with E-state index in [4.69, 9.17) is 21.1 Å². The van der Waals surface area contributed by atoms with E-state index in [1.807, 2.05) is 0 Å². The number of dihydropyridines is 1. The largest absolute Gasteiger partial charge is 0.466 e. The van der Waals surface area contributed by atoms with Gasteiger partial charge >= 0.3 is 11.9 Å². The van der Waals surface area contributed by atoms with Crippen LogP contribution in [0, 0.1) is 15.9 Å². The van der Waals surface area contributed by atoms with Crippen molar-refractivity contribution >= 4 is 29.2 Å². The summed E-state index contributed by atoms with van der Waals surface area (Å²) in [4.78, 5) is 35.8. The number of nitrogens with zero attached hydrogens (tertiary/aromatic N) is 1. The van der Waals surface area contributed by atoms with Crippen molar-refractivity contribution in [2.45, 2.75) is 32.8 Å². The highest BCUT2D eigenvalue weighted by Crippen LogP contribution is 2.45. The molecule has 0 spiro atoms. The smallest absolute Gasteiger partial charge is 0.337 e. The average molecular weight is 445 g/mol. The molecule has 30 heavy (non-hydrogen) atoms. The third-order valence-electron chi connectivity index (χ3n) is 4.34. The molecule has 0 bridgehead atoms. The van der Waals surface area contributed by atoms with Crippen LogP contribution in [-0.2, 0) is 19.1 Å². The van der Waals surface area contributed by atoms with Crippen LogP contribution in [0.15, 0.2) is 34.7 Å². The van der Waals surface area contributed by atoms with Crippen molar-refractivity contribution in [2.75, 3.05) is 13.8 Å². The van der Waals surface area contributed by atoms with E-state index in [-0.39, 0.29) is 17.0 Å². The van der Waals surface area contributed by atoms with Gasteiger partial charge in [0.15, 0.2) is 0 Å². The SMILES string of the molecule is COC(=O)C1=C(CF)NC(C)=C(C(=O)OC(C)C)C1c1c(F)ccc([N+](=O)[O-])c1Cl. The van der Waals surface area contributed by atoms with Gasteiger partial charge in [-0.05, 0) is 26.8 Å². The molecule has 1 unspecified atom stereocenters. The van der Waals surface area contributed by atoms with Crippen molar-refractivity contribution in [3.05, 3.63) is 61.2 Å². The summed E-state index contributed by atoms with van der Waals surface area (Å²) in [5.41, 5.74) is -2.08. The molecule has 0 fully saturated rings. The first-order valence-electron chi connectivity index (χ1n) is 8.73. The minimum Gasteiger partial charge on any atom is -0.466 e. The van der Waals surface area contributed by atoms with Crippen molar-refractivity contribution in [2.24, 2.45) is 0 Å². The van der Waals surface area contributed by atoms with Crippen LogP contribution in [0.4, 0.5) is 14.5 Å². The van der Waals surface area contributed by atoms with Crippen molar-refractivity contribution in [1.82, 2.24) is 5.32 Å². The molecule has 0 aromatic heterocycles. The first-order valence-corrected chi connectivity index (χ1v) is 9.11. The molecule has 1 aromatic rings. The Morgan fingerprint density at radius 2 is 1.93 bits per heavy atom. The Morgan fingerprint density at radius 1 is 1.30 bits per heavy atom. The van der Waals surface area contributed by atoms with Gasteiger partial charge in [0.1, 0.15) is 17.5 Å². The number of alkyl halides is 1. The van der Waals surface area contributed by atoms with Gasteiger partial charge < -0.3 is 14.8 Å². The molecule has 0 radical (unpaired) electrons. The van der Waals surface area contributed by atoms with Gasteiger partial charge in [-0.15, -0.1) is 0 Å². The fraction of sp³-hybridized carbons (Fsp3) is 0.368. The number of carbonyl (C=O) groups excluding carboxylic acids is 2. The Bertz CT molecular complexity index is 974. The fourth-order valence-electron chi connectivity index (χ4n) is 3.15. The second-order valence-corrected chi connectivity index (χ2v) is 7.00. The number of hydrogen-bond donors (Lipinski definition) is 1. The second-order valence-electron chi connectivity index (χ2n) is 6.62. The summed E-state index contributed by atoms with van der Waals surface area (Å²) in [6.07, 6.45) is -0.572. The minimum absolute atomic E-state index is 0.0768. The van der Waals surface area contributed by atoms with Gasteiger partial charge in [-0.25, -0.2) is 18.4 Å². The first-order chi connectivity index (χ1) is 14.0. The zero-order valence-corrected chi connectivity index (χ0v) is 17.3. The number of nitro benzene ring substituents is 1. The normalized spacial score (nSPS) is 16.5. The molecule has 1 atom stereocenters. The average Bonchev–Trinajstić information content (AvgIpc) is 2.65. The van der Waals surface area contributed by atoms with Crippen LogP contribution in [-0.4, -0.2) is 36.8 Å². The van der Waals surface area contributed by atoms with E-state index in [0.29, 0.717) is 0 Å². The van der Waals surface area contributed by atoms with Gasteiger partial charge in [-0.1, -0.05) is 11.6 Å². The number of carbonyl (C=O) groups is 2. The summed E-state index contributed by atoms with van der Waals surface area (Å²) >= 11 is 6.12. The molecule has 0 aliphatic carbocycles. The molecule has 0 saturated carbocycles. The second kappa shape index (κ2) is 9.21. The van der Waals surface area contributed by atoms with E-state index in [2.05, 4.69) is 5.32 Å². The number of nitrogens with one attached hydrogen (secondary N) is 1. The predicted octanol–water partition coefficient (Wildman–Crippen LogP) is 3.70. The molecule has 1 aromatic carbocycles. The highest BCUT2D eigenvalue weighted by Gasteiger charge is 2.42. The maximum absolute atomic E-state index is 14.9. The summed E-state index contributed by atoms with van der Waals surface area (Å²) in [5.74, 6) is -4.62. The Hall–Kier alpha value is -3.01. The number of methoxy groups -OCH3 is 1. The lowest BCUT2D eigenvalue weighted by Crippen LogP contribution is -2.34. The Kier molecular flexibility index (Phi) is 7.14. The molecule has 2 rings (SSSR count). The van der Waals surface area contributed by atoms with Crippen LogP contribution < -0.4 is 5.32 Å². The predicted molar refractivity (Wildman–Crippen MR) is 103 cm³/mol. The van der Waals surface area contributed by atoms with Crippen LogP contribution in [0.1, 0.15) is 32.3 Å². The molecule has 8 nitrogen and oxygen atoms in total. The minimum atomic E-state index is -1.59. The van der Waals surface area contributed by atoms with Crippen molar-refractivity contribution in [3.63, 3.8) is 0 Å². The number of halogens is 3. The third-order valence-corrected chi connectivity index (χ3v) is 4.74. The summed E-state index contributed by atoms with van der Waals surface area (Å²) in [6, 6.07) is 1.63. The van der Waals surface area contributed by atoms with E-state index >= 15 is 0 Å². The quantitative estimate of drug-likeness (QED) is 0.405. The van der Waals surface area contributed by atoms with Gasteiger partial charge in [0.2, 0.25) is 0 Å². The molecular formula is C19H19ClF2N2O6. The van der Waals surface area contributed by atoms with E-state index in [9.17, 15) is 28.5 Å². The molecule has 0 saturated heterocycles. The molecule has 11 heteroatoms. The number of allylic oxidation sites excluding steroid dienone is 2. The van der Waals surface area contributed by atoms with Crippen LogP contribution in [0.25, 0.3) is 0 Å². The maximum atomic E-state index is 14.9. The molecule has 162 valence electrons. The van der Waals surface area contributed by atoms with Gasteiger partial charge in [-0.2, -0.15) is 0 Å². The highest BCUT2D eigenvalue weighted by atomic mass is 35.5. The van der Waals surface area contributed by atoms with Crippen LogP contribution in [0.5, 0.6) is 0 Å². The fourth-order valence-corrected chi connectivity index (χ4v) is 3.48. The van der Waals surface area contributed by atoms with E-state index in [1.54, 1.807) is 13.8 Å². The van der Waals surface area contributed by atoms with Crippen molar-refractivity contribution in [1.29, 1.82) is 0 Å². The van der Waals surface area contributed by atoms with Crippen LogP contribution in [0.2, 0.25) is 5.02 Å². The molecule has 1 N–H and O–H groups in total. The highest BCUT2D eigenvalue weighted by molar-refractivity contribution is 6.33. The van der Waals surface area contributed by atoms with Crippen molar-refractivity contribution < 1.29 is 32.8 Å². The Balaban J connectivity index is 2.90. The molecule has 1 aliphatic heterocycles. The maximum Gasteiger partial charge on any atom is 0.337 e. The standard InChI is InChI=1S/C19H19ClF2N2O6/c1-8(2)30-19(26)13-9(3)23-11(7-21)15(18(25)29-4)16(13)14-10(22)5-6-12(17(14)20)24(27)28/h5-6,8,16,23H,7H2,1-4H3. The number of hydrogen-bond acceptors (Lipinski definition) is 7. The Labute approximate surface area is 175 Å². The van der Waals surface area contributed by atoms with Gasteiger partial charge in [0.05, 0.1) is 40.9 Å². The molecule has 0 amide bonds. The zero-order chi connectivity index (χ0) is 22.7. The number of ether oxygens (including phenoxy) is 2. The van der Waals surface area contributed by atoms with Crippen molar-refractivity contribution in [3.8, 4) is 0 Å². The summed E-state index contributed by atoms with van der Waals surface area (Å²) in [6.45, 7) is 3.36. The molecular weight excluding hydrogens is 426 g/mol. The Morgan fingerprint density at radius 3 is 2.43 bits per heavy atom. The number of nitro groups is 1. The van der Waals surface area contributed by atoms with E-state index < -0.39 is 63.2 Å². The number of esters is 2. The topological polar surface area (TPSA) is 108 Å². The van der Waals surface area contributed by atoms with Crippen LogP contribution >= 0.6 is 11.6 Å². The molecule has 1 heterocycles. The third kappa shape index (κ3) is 4.28. The lowest BCUT2D eigenvalue weighted by molar-refractivity contribution is -0.384. The van der Waals surface area contributed by atoms with Gasteiger partial charge in [0.25, 0.3) is 5.69 Å². The van der Waals surface area contributed by atoms with E-state index in [0.717, 1.165) is 19.2 Å². The lowest BCUT2D eigenvalue weighted by atomic mass is 9.79. The first kappa shape index (κ1) is 23.3. The monoisotopic (exact) mass is 444 g/mol. The lowest BCUT2D eigenvalue weighted by Gasteiger charge is -2.31. The number of rotatable bonds is 6. The molecule has 1 aliphatic rings. The summed E-state index contributed by atoms with van der Waals surface area (Å²) in [7, 11) is 1.02. The van der Waals surface area contributed by atoms with Crippen LogP contribution in [0.3, 0.4) is 0 Å². The summed E-state index contributed by atoms with van der Waals surface area (Å²) in [5, 5.41) is 13.3. The van der Waals surface area contributed by atoms with Gasteiger partial charge in [-0.3, -0.25) is 10.1 Å².